The van der Waals surface area contributed by atoms with E-state index >= 15 is 0 Å². The highest BCUT2D eigenvalue weighted by atomic mass is 16.4. The van der Waals surface area contributed by atoms with Crippen LogP contribution in [0.3, 0.4) is 0 Å². The number of carboxylic acids is 2. The van der Waals surface area contributed by atoms with E-state index in [2.05, 4.69) is 13.8 Å². The molecule has 0 aromatic heterocycles. The summed E-state index contributed by atoms with van der Waals surface area (Å²) in [4.78, 5) is 20.0. The Morgan fingerprint density at radius 1 is 0.600 bits per heavy atom. The second kappa shape index (κ2) is 17.9. The summed E-state index contributed by atoms with van der Waals surface area (Å²) in [5.41, 5.74) is 0. The van der Waals surface area contributed by atoms with Crippen molar-refractivity contribution in [1.82, 2.24) is 0 Å². The highest BCUT2D eigenvalue weighted by Gasteiger charge is 1.95. The molecule has 0 spiro atoms. The van der Waals surface area contributed by atoms with E-state index in [0.29, 0.717) is 12.8 Å². The Kier molecular flexibility index (Phi) is 19.1. The molecule has 0 aliphatic rings. The Balaban J connectivity index is 0. The van der Waals surface area contributed by atoms with E-state index in [1.165, 1.54) is 32.1 Å². The van der Waals surface area contributed by atoms with E-state index in [1.807, 2.05) is 0 Å². The van der Waals surface area contributed by atoms with Crippen molar-refractivity contribution in [3.05, 3.63) is 0 Å². The molecule has 0 unspecified atom stereocenters. The quantitative estimate of drug-likeness (QED) is 0.503. The summed E-state index contributed by atoms with van der Waals surface area (Å²) in [7, 11) is 0. The number of carboxylic acid groups (broad SMARTS) is 2. The minimum Gasteiger partial charge on any atom is -0.481 e. The molecule has 4 nitrogen and oxygen atoms in total. The third kappa shape index (κ3) is 25.7. The van der Waals surface area contributed by atoms with Crippen LogP contribution in [0.2, 0.25) is 0 Å². The molecule has 0 heterocycles. The molecule has 0 aromatic carbocycles. The van der Waals surface area contributed by atoms with Gasteiger partial charge in [0.15, 0.2) is 0 Å². The molecule has 0 bridgehead atoms. The van der Waals surface area contributed by atoms with Crippen LogP contribution in [0.5, 0.6) is 0 Å². The van der Waals surface area contributed by atoms with E-state index in [0.717, 1.165) is 32.1 Å². The third-order valence-electron chi connectivity index (χ3n) is 2.99. The van der Waals surface area contributed by atoms with Crippen LogP contribution in [0, 0.1) is 0 Å². The molecule has 0 atom stereocenters. The van der Waals surface area contributed by atoms with Gasteiger partial charge in [0.1, 0.15) is 0 Å². The van der Waals surface area contributed by atoms with Gasteiger partial charge in [0, 0.05) is 12.8 Å². The van der Waals surface area contributed by atoms with Gasteiger partial charge in [0.05, 0.1) is 0 Å². The average molecular weight is 288 g/mol. The van der Waals surface area contributed by atoms with Gasteiger partial charge < -0.3 is 10.2 Å². The van der Waals surface area contributed by atoms with E-state index in [1.54, 1.807) is 0 Å². The molecule has 4 heteroatoms. The van der Waals surface area contributed by atoms with Crippen molar-refractivity contribution < 1.29 is 19.8 Å². The molecule has 0 rings (SSSR count). The number of hydrogen-bond donors (Lipinski definition) is 2. The van der Waals surface area contributed by atoms with E-state index in [-0.39, 0.29) is 0 Å². The average Bonchev–Trinajstić information content (AvgIpc) is 2.38. The van der Waals surface area contributed by atoms with Crippen molar-refractivity contribution in [2.75, 3.05) is 0 Å². The Bertz CT molecular complexity index is 227. The van der Waals surface area contributed by atoms with Crippen LogP contribution in [0.4, 0.5) is 0 Å². The zero-order chi connectivity index (χ0) is 15.6. The van der Waals surface area contributed by atoms with Crippen LogP contribution in [0.25, 0.3) is 0 Å². The standard InChI is InChI=1S/C10H20O2.C6H12O2/c1-2-3-4-5-6-7-8-9-10(11)12;1-2-3-4-5-6(7)8/h2-9H2,1H3,(H,11,12);2-5H2,1H3,(H,7,8). The lowest BCUT2D eigenvalue weighted by Crippen LogP contribution is -1.93. The van der Waals surface area contributed by atoms with Gasteiger partial charge >= 0.3 is 11.9 Å². The lowest BCUT2D eigenvalue weighted by molar-refractivity contribution is -0.138. The predicted molar refractivity (Wildman–Crippen MR) is 82.0 cm³/mol. The molecule has 0 aliphatic heterocycles. The van der Waals surface area contributed by atoms with Crippen LogP contribution in [-0.4, -0.2) is 22.2 Å². The van der Waals surface area contributed by atoms with Crippen molar-refractivity contribution in [2.45, 2.75) is 90.9 Å². The number of unbranched alkanes of at least 4 members (excludes halogenated alkanes) is 8. The van der Waals surface area contributed by atoms with Crippen molar-refractivity contribution in [3.8, 4) is 0 Å². The lowest BCUT2D eigenvalue weighted by atomic mass is 10.1. The minimum absolute atomic E-state index is 0.327. The van der Waals surface area contributed by atoms with E-state index < -0.39 is 11.9 Å². The van der Waals surface area contributed by atoms with Gasteiger partial charge in [-0.3, -0.25) is 9.59 Å². The maximum Gasteiger partial charge on any atom is 0.303 e. The molecule has 0 radical (unpaired) electrons. The molecular formula is C16H32O4. The van der Waals surface area contributed by atoms with Crippen LogP contribution in [-0.2, 0) is 9.59 Å². The number of aliphatic carboxylic acids is 2. The zero-order valence-corrected chi connectivity index (χ0v) is 13.2. The molecule has 0 fully saturated rings. The summed E-state index contributed by atoms with van der Waals surface area (Å²) in [6.07, 6.45) is 11.9. The van der Waals surface area contributed by atoms with Gasteiger partial charge in [0.2, 0.25) is 0 Å². The Labute approximate surface area is 123 Å². The van der Waals surface area contributed by atoms with Gasteiger partial charge in [-0.05, 0) is 12.8 Å². The van der Waals surface area contributed by atoms with Crippen molar-refractivity contribution in [1.29, 1.82) is 0 Å². The van der Waals surface area contributed by atoms with E-state index in [9.17, 15) is 9.59 Å². The first-order valence-corrected chi connectivity index (χ1v) is 7.98. The summed E-state index contributed by atoms with van der Waals surface area (Å²) < 4.78 is 0. The zero-order valence-electron chi connectivity index (χ0n) is 13.2. The molecule has 0 aliphatic carbocycles. The van der Waals surface area contributed by atoms with Gasteiger partial charge in [-0.2, -0.15) is 0 Å². The summed E-state index contributed by atoms with van der Waals surface area (Å²) in [5, 5.41) is 16.5. The number of hydrogen-bond acceptors (Lipinski definition) is 2. The van der Waals surface area contributed by atoms with E-state index in [4.69, 9.17) is 10.2 Å². The van der Waals surface area contributed by atoms with Gasteiger partial charge in [-0.25, -0.2) is 0 Å². The van der Waals surface area contributed by atoms with Crippen molar-refractivity contribution in [3.63, 3.8) is 0 Å². The minimum atomic E-state index is -0.682. The Hall–Kier alpha value is -1.06. The molecular weight excluding hydrogens is 256 g/mol. The summed E-state index contributed by atoms with van der Waals surface area (Å²) in [6.45, 7) is 4.26. The molecule has 0 saturated heterocycles. The van der Waals surface area contributed by atoms with Crippen molar-refractivity contribution in [2.24, 2.45) is 0 Å². The summed E-state index contributed by atoms with van der Waals surface area (Å²) in [5.74, 6) is -1.35. The number of rotatable bonds is 12. The molecule has 0 saturated carbocycles. The normalized spacial score (nSPS) is 9.70. The smallest absolute Gasteiger partial charge is 0.303 e. The number of carbonyl (C=O) groups is 2. The molecule has 0 aromatic rings. The molecule has 20 heavy (non-hydrogen) atoms. The molecule has 2 N–H and O–H groups in total. The Morgan fingerprint density at radius 3 is 1.30 bits per heavy atom. The van der Waals surface area contributed by atoms with Crippen LogP contribution in [0.1, 0.15) is 90.9 Å². The van der Waals surface area contributed by atoms with Gasteiger partial charge in [-0.15, -0.1) is 0 Å². The maximum absolute atomic E-state index is 10.1. The second-order valence-corrected chi connectivity index (χ2v) is 5.12. The van der Waals surface area contributed by atoms with Crippen molar-refractivity contribution >= 4 is 11.9 Å². The lowest BCUT2D eigenvalue weighted by Gasteiger charge is -1.98. The van der Waals surface area contributed by atoms with Crippen LogP contribution >= 0.6 is 0 Å². The highest BCUT2D eigenvalue weighted by Crippen LogP contribution is 2.07. The fourth-order valence-corrected chi connectivity index (χ4v) is 1.76. The maximum atomic E-state index is 10.1. The topological polar surface area (TPSA) is 74.6 Å². The first kappa shape index (κ1) is 21.2. The first-order valence-electron chi connectivity index (χ1n) is 7.98. The largest absolute Gasteiger partial charge is 0.481 e. The molecule has 0 amide bonds. The monoisotopic (exact) mass is 288 g/mol. The first-order chi connectivity index (χ1) is 9.54. The fraction of sp³-hybridized carbons (Fsp3) is 0.875. The fourth-order valence-electron chi connectivity index (χ4n) is 1.76. The SMILES string of the molecule is CCCCCC(=O)O.CCCCCCCCCC(=O)O. The van der Waals surface area contributed by atoms with Gasteiger partial charge in [0.25, 0.3) is 0 Å². The van der Waals surface area contributed by atoms with Gasteiger partial charge in [-0.1, -0.05) is 65.2 Å². The highest BCUT2D eigenvalue weighted by molar-refractivity contribution is 5.66. The Morgan fingerprint density at radius 2 is 0.900 bits per heavy atom. The summed E-state index contributed by atoms with van der Waals surface area (Å²) in [6, 6.07) is 0. The van der Waals surface area contributed by atoms with Crippen LogP contribution in [0.15, 0.2) is 0 Å². The third-order valence-corrected chi connectivity index (χ3v) is 2.99. The summed E-state index contributed by atoms with van der Waals surface area (Å²) >= 11 is 0. The second-order valence-electron chi connectivity index (χ2n) is 5.12. The predicted octanol–water partition coefficient (Wildman–Crippen LogP) is 4.86. The molecule has 120 valence electrons. The van der Waals surface area contributed by atoms with Crippen LogP contribution < -0.4 is 0 Å².